The fourth-order valence-corrected chi connectivity index (χ4v) is 5.46. The summed E-state index contributed by atoms with van der Waals surface area (Å²) in [6.07, 6.45) is 0. The van der Waals surface area contributed by atoms with Gasteiger partial charge in [-0.2, -0.15) is 0 Å². The minimum absolute atomic E-state index is 0.0602. The molecule has 1 aliphatic heterocycles. The molecule has 0 fully saturated rings. The number of carbonyl (C=O) groups is 3. The zero-order valence-corrected chi connectivity index (χ0v) is 21.1. The number of carbonyl (C=O) groups excluding carboxylic acids is 3. The van der Waals surface area contributed by atoms with Gasteiger partial charge in [-0.1, -0.05) is 23.5 Å². The van der Waals surface area contributed by atoms with Crippen LogP contribution >= 0.6 is 11.3 Å². The van der Waals surface area contributed by atoms with Gasteiger partial charge in [0, 0.05) is 6.92 Å². The van der Waals surface area contributed by atoms with E-state index in [2.05, 4.69) is 4.98 Å². The first-order valence-corrected chi connectivity index (χ1v) is 12.0. The fraction of sp³-hybridized carbons (Fsp3) is 0.222. The van der Waals surface area contributed by atoms with Gasteiger partial charge in [0.2, 0.25) is 5.76 Å². The molecular weight excluding hydrogens is 480 g/mol. The Labute approximate surface area is 210 Å². The van der Waals surface area contributed by atoms with Gasteiger partial charge in [0.15, 0.2) is 16.3 Å². The SMILES string of the molecule is COC(=O)c1ccc(C2c3c(oc4cc(C)c(C)cc4c3=O)C(=O)N2c2nc(C)c(C(C)=O)s2)cc1. The van der Waals surface area contributed by atoms with Crippen molar-refractivity contribution >= 4 is 45.1 Å². The Morgan fingerprint density at radius 1 is 1.06 bits per heavy atom. The number of ether oxygens (including phenoxy) is 1. The minimum atomic E-state index is -0.855. The molecule has 0 N–H and O–H groups in total. The highest BCUT2D eigenvalue weighted by Gasteiger charge is 2.45. The molecule has 3 heterocycles. The molecule has 1 atom stereocenters. The van der Waals surface area contributed by atoms with E-state index in [0.29, 0.717) is 32.7 Å². The van der Waals surface area contributed by atoms with Crippen LogP contribution in [0.2, 0.25) is 0 Å². The highest BCUT2D eigenvalue weighted by Crippen LogP contribution is 2.43. The van der Waals surface area contributed by atoms with Gasteiger partial charge in [0.25, 0.3) is 5.91 Å². The number of fused-ring (bicyclic) bond motifs is 2. The average Bonchev–Trinajstić information content (AvgIpc) is 3.37. The van der Waals surface area contributed by atoms with Crippen LogP contribution in [0.15, 0.2) is 45.6 Å². The maximum atomic E-state index is 13.8. The highest BCUT2D eigenvalue weighted by molar-refractivity contribution is 7.17. The van der Waals surface area contributed by atoms with Crippen LogP contribution in [0.25, 0.3) is 11.0 Å². The molecule has 0 radical (unpaired) electrons. The van der Waals surface area contributed by atoms with Gasteiger partial charge < -0.3 is 9.15 Å². The molecule has 4 aromatic rings. The second-order valence-corrected chi connectivity index (χ2v) is 9.74. The summed E-state index contributed by atoms with van der Waals surface area (Å²) in [5, 5.41) is 0.661. The lowest BCUT2D eigenvalue weighted by atomic mass is 9.97. The van der Waals surface area contributed by atoms with Crippen LogP contribution in [0.3, 0.4) is 0 Å². The molecule has 36 heavy (non-hydrogen) atoms. The zero-order valence-electron chi connectivity index (χ0n) is 20.3. The van der Waals surface area contributed by atoms with Crippen molar-refractivity contribution in [3.8, 4) is 0 Å². The van der Waals surface area contributed by atoms with E-state index < -0.39 is 17.9 Å². The summed E-state index contributed by atoms with van der Waals surface area (Å²) in [6.45, 7) is 6.96. The number of esters is 1. The summed E-state index contributed by atoms with van der Waals surface area (Å²) in [5.41, 5.74) is 3.49. The molecule has 0 saturated heterocycles. The molecule has 0 saturated carbocycles. The van der Waals surface area contributed by atoms with E-state index in [9.17, 15) is 19.2 Å². The Balaban J connectivity index is 1.78. The third-order valence-corrected chi connectivity index (χ3v) is 7.70. The lowest BCUT2D eigenvalue weighted by Crippen LogP contribution is -2.29. The summed E-state index contributed by atoms with van der Waals surface area (Å²) in [4.78, 5) is 57.9. The number of Topliss-reactive ketones (excluding diaryl/α,β-unsaturated/α-hetero) is 1. The molecule has 2 aromatic carbocycles. The van der Waals surface area contributed by atoms with Crippen molar-refractivity contribution in [1.82, 2.24) is 4.98 Å². The van der Waals surface area contributed by atoms with E-state index >= 15 is 0 Å². The first kappa shape index (κ1) is 23.6. The van der Waals surface area contributed by atoms with Gasteiger partial charge in [-0.3, -0.25) is 19.3 Å². The highest BCUT2D eigenvalue weighted by atomic mass is 32.1. The molecule has 1 amide bonds. The van der Waals surface area contributed by atoms with Gasteiger partial charge in [0.1, 0.15) is 5.58 Å². The summed E-state index contributed by atoms with van der Waals surface area (Å²) in [7, 11) is 1.29. The molecule has 9 heteroatoms. The van der Waals surface area contributed by atoms with E-state index in [4.69, 9.17) is 9.15 Å². The Hall–Kier alpha value is -4.11. The van der Waals surface area contributed by atoms with Crippen LogP contribution in [0.5, 0.6) is 0 Å². The van der Waals surface area contributed by atoms with Crippen LogP contribution < -0.4 is 10.3 Å². The Kier molecular flexibility index (Phi) is 5.60. The Morgan fingerprint density at radius 2 is 1.72 bits per heavy atom. The van der Waals surface area contributed by atoms with E-state index in [1.807, 2.05) is 13.8 Å². The second-order valence-electron chi connectivity index (χ2n) is 8.77. The summed E-state index contributed by atoms with van der Waals surface area (Å²) in [5.74, 6) is -1.24. The third kappa shape index (κ3) is 3.54. The molecule has 2 aromatic heterocycles. The largest absolute Gasteiger partial charge is 0.465 e. The normalized spacial score (nSPS) is 14.9. The first-order chi connectivity index (χ1) is 17.1. The number of thiazole rings is 1. The van der Waals surface area contributed by atoms with Crippen LogP contribution in [-0.2, 0) is 4.74 Å². The molecular formula is C27H22N2O6S. The van der Waals surface area contributed by atoms with Gasteiger partial charge >= 0.3 is 5.97 Å². The lowest BCUT2D eigenvalue weighted by molar-refractivity contribution is 0.0600. The van der Waals surface area contributed by atoms with E-state index in [1.54, 1.807) is 43.3 Å². The van der Waals surface area contributed by atoms with Crippen molar-refractivity contribution < 1.29 is 23.5 Å². The van der Waals surface area contributed by atoms with Crippen molar-refractivity contribution in [2.45, 2.75) is 33.7 Å². The molecule has 1 unspecified atom stereocenters. The van der Waals surface area contributed by atoms with Crippen molar-refractivity contribution in [2.24, 2.45) is 0 Å². The topological polar surface area (TPSA) is 107 Å². The number of hydrogen-bond donors (Lipinski definition) is 0. The molecule has 0 spiro atoms. The fourth-order valence-electron chi connectivity index (χ4n) is 4.47. The number of anilines is 1. The number of nitrogens with zero attached hydrogens (tertiary/aromatic N) is 2. The quantitative estimate of drug-likeness (QED) is 0.288. The van der Waals surface area contributed by atoms with Crippen LogP contribution in [0.4, 0.5) is 5.13 Å². The maximum Gasteiger partial charge on any atom is 0.337 e. The first-order valence-electron chi connectivity index (χ1n) is 11.2. The lowest BCUT2D eigenvalue weighted by Gasteiger charge is -2.22. The smallest absolute Gasteiger partial charge is 0.337 e. The molecule has 182 valence electrons. The van der Waals surface area contributed by atoms with Crippen LogP contribution in [0, 0.1) is 20.8 Å². The molecule has 0 aliphatic carbocycles. The van der Waals surface area contributed by atoms with Gasteiger partial charge in [0.05, 0.1) is 40.2 Å². The number of aryl methyl sites for hydroxylation is 3. The summed E-state index contributed by atoms with van der Waals surface area (Å²) >= 11 is 1.09. The van der Waals surface area contributed by atoms with Gasteiger partial charge in [-0.15, -0.1) is 0 Å². The number of aromatic nitrogens is 1. The van der Waals surface area contributed by atoms with E-state index in [0.717, 1.165) is 22.5 Å². The monoisotopic (exact) mass is 502 g/mol. The predicted octanol–water partition coefficient (Wildman–Crippen LogP) is 4.91. The molecule has 5 rings (SSSR count). The van der Waals surface area contributed by atoms with Gasteiger partial charge in [-0.05, 0) is 61.7 Å². The molecule has 0 bridgehead atoms. The summed E-state index contributed by atoms with van der Waals surface area (Å²) < 4.78 is 10.8. The number of ketones is 1. The number of amides is 1. The van der Waals surface area contributed by atoms with E-state index in [1.165, 1.54) is 18.9 Å². The summed E-state index contributed by atoms with van der Waals surface area (Å²) in [6, 6.07) is 9.16. The number of rotatable bonds is 4. The van der Waals surface area contributed by atoms with Crippen LogP contribution in [-0.4, -0.2) is 29.8 Å². The third-order valence-electron chi connectivity index (χ3n) is 6.45. The van der Waals surface area contributed by atoms with Crippen molar-refractivity contribution in [2.75, 3.05) is 12.0 Å². The average molecular weight is 503 g/mol. The second kappa shape index (κ2) is 8.53. The Morgan fingerprint density at radius 3 is 2.33 bits per heavy atom. The predicted molar refractivity (Wildman–Crippen MR) is 135 cm³/mol. The number of benzene rings is 2. The molecule has 8 nitrogen and oxygen atoms in total. The van der Waals surface area contributed by atoms with E-state index in [-0.39, 0.29) is 27.7 Å². The van der Waals surface area contributed by atoms with Crippen molar-refractivity contribution in [1.29, 1.82) is 0 Å². The minimum Gasteiger partial charge on any atom is -0.465 e. The Bertz CT molecular complexity index is 1650. The van der Waals surface area contributed by atoms with Gasteiger partial charge in [-0.25, -0.2) is 9.78 Å². The van der Waals surface area contributed by atoms with Crippen molar-refractivity contribution in [3.63, 3.8) is 0 Å². The molecule has 1 aliphatic rings. The number of hydrogen-bond acceptors (Lipinski definition) is 8. The van der Waals surface area contributed by atoms with Crippen molar-refractivity contribution in [3.05, 3.63) is 90.8 Å². The zero-order chi connectivity index (χ0) is 25.9. The maximum absolute atomic E-state index is 13.8. The standard InChI is InChI=1S/C27H22N2O6S/c1-12-10-18-19(11-13(12)2)35-23-20(22(18)31)21(16-6-8-17(9-7-16)26(33)34-5)29(25(23)32)27-28-14(3)24(36-27)15(4)30/h6-11,21H,1-5H3. The number of methoxy groups -OCH3 is 1. The van der Waals surface area contributed by atoms with Crippen LogP contribution in [0.1, 0.15) is 71.5 Å².